The molecule has 2 unspecified atom stereocenters. The molecule has 0 aromatic carbocycles. The predicted molar refractivity (Wildman–Crippen MR) is 55.1 cm³/mol. The molecule has 0 radical (unpaired) electrons. The number of rotatable bonds is 1. The summed E-state index contributed by atoms with van der Waals surface area (Å²) >= 11 is 0. The fourth-order valence-electron chi connectivity index (χ4n) is 3.34. The van der Waals surface area contributed by atoms with E-state index in [1.54, 1.807) is 0 Å². The van der Waals surface area contributed by atoms with E-state index in [0.29, 0.717) is 18.7 Å². The second kappa shape index (κ2) is 3.46. The molecule has 1 amide bonds. The first kappa shape index (κ1) is 9.61. The number of carbonyl (C=O) groups is 1. The predicted octanol–water partition coefficient (Wildman–Crippen LogP) is 2.28. The van der Waals surface area contributed by atoms with Gasteiger partial charge in [-0.05, 0) is 38.5 Å². The third kappa shape index (κ3) is 1.47. The van der Waals surface area contributed by atoms with Crippen LogP contribution in [0.5, 0.6) is 0 Å². The quantitative estimate of drug-likeness (QED) is 0.651. The highest BCUT2D eigenvalue weighted by molar-refractivity contribution is 5.80. The maximum absolute atomic E-state index is 13.3. The highest BCUT2D eigenvalue weighted by atomic mass is 19.1. The average Bonchev–Trinajstić information content (AvgIpc) is 2.36. The lowest BCUT2D eigenvalue weighted by molar-refractivity contribution is -0.143. The van der Waals surface area contributed by atoms with Crippen LogP contribution in [0.1, 0.15) is 44.9 Å². The zero-order valence-corrected chi connectivity index (χ0v) is 8.99. The first-order valence-corrected chi connectivity index (χ1v) is 6.22. The number of nitrogens with zero attached hydrogens (tertiary/aromatic N) is 1. The smallest absolute Gasteiger partial charge is 0.226 e. The Morgan fingerprint density at radius 1 is 1.07 bits per heavy atom. The van der Waals surface area contributed by atoms with E-state index in [-0.39, 0.29) is 18.0 Å². The number of hydrogen-bond acceptors (Lipinski definition) is 1. The summed E-state index contributed by atoms with van der Waals surface area (Å²) in [5.74, 6) is 0.616. The number of hydrogen-bond donors (Lipinski definition) is 0. The number of amides is 1. The van der Waals surface area contributed by atoms with Crippen molar-refractivity contribution in [1.82, 2.24) is 4.90 Å². The van der Waals surface area contributed by atoms with Gasteiger partial charge in [-0.3, -0.25) is 4.79 Å². The summed E-state index contributed by atoms with van der Waals surface area (Å²) in [6.07, 6.45) is 5.91. The molecule has 0 aromatic heterocycles. The molecule has 2 atom stereocenters. The minimum Gasteiger partial charge on any atom is -0.336 e. The van der Waals surface area contributed by atoms with Crippen LogP contribution in [0.25, 0.3) is 0 Å². The molecule has 3 fully saturated rings. The van der Waals surface area contributed by atoms with Gasteiger partial charge in [-0.25, -0.2) is 4.39 Å². The summed E-state index contributed by atoms with van der Waals surface area (Å²) in [5.41, 5.74) is 0. The maximum atomic E-state index is 13.3. The Kier molecular flexibility index (Phi) is 2.22. The summed E-state index contributed by atoms with van der Waals surface area (Å²) in [4.78, 5) is 14.2. The number of halogens is 1. The van der Waals surface area contributed by atoms with E-state index in [1.807, 2.05) is 4.90 Å². The van der Waals surface area contributed by atoms with Gasteiger partial charge in [-0.15, -0.1) is 0 Å². The standard InChI is InChI=1S/C12H18FNO/c13-9-6-10-4-5-11(7-9)14(10)12(15)8-2-1-3-8/h8-11H,1-7H2. The van der Waals surface area contributed by atoms with Crippen molar-refractivity contribution in [3.63, 3.8) is 0 Å². The fraction of sp³-hybridized carbons (Fsp3) is 0.917. The molecule has 84 valence electrons. The first-order valence-electron chi connectivity index (χ1n) is 6.22. The molecule has 15 heavy (non-hydrogen) atoms. The number of carbonyl (C=O) groups excluding carboxylic acids is 1. The Balaban J connectivity index is 1.73. The van der Waals surface area contributed by atoms with Crippen molar-refractivity contribution in [3.8, 4) is 0 Å². The highest BCUT2D eigenvalue weighted by Gasteiger charge is 2.45. The van der Waals surface area contributed by atoms with Gasteiger partial charge in [0.25, 0.3) is 0 Å². The maximum Gasteiger partial charge on any atom is 0.226 e. The van der Waals surface area contributed by atoms with Crippen LogP contribution in [0, 0.1) is 5.92 Å². The van der Waals surface area contributed by atoms with Gasteiger partial charge in [-0.1, -0.05) is 6.42 Å². The Bertz CT molecular complexity index is 263. The van der Waals surface area contributed by atoms with Gasteiger partial charge in [0, 0.05) is 18.0 Å². The van der Waals surface area contributed by atoms with E-state index >= 15 is 0 Å². The lowest BCUT2D eigenvalue weighted by atomic mass is 9.83. The molecular weight excluding hydrogens is 193 g/mol. The molecule has 3 rings (SSSR count). The molecule has 1 saturated carbocycles. The summed E-state index contributed by atoms with van der Waals surface area (Å²) in [7, 11) is 0. The Morgan fingerprint density at radius 3 is 2.13 bits per heavy atom. The lowest BCUT2D eigenvalue weighted by Gasteiger charge is -2.40. The fourth-order valence-corrected chi connectivity index (χ4v) is 3.34. The second-order valence-corrected chi connectivity index (χ2v) is 5.33. The molecule has 0 spiro atoms. The minimum atomic E-state index is -0.659. The van der Waals surface area contributed by atoms with Crippen LogP contribution in [0.2, 0.25) is 0 Å². The molecule has 2 bridgehead atoms. The Labute approximate surface area is 89.8 Å². The number of fused-ring (bicyclic) bond motifs is 2. The molecule has 3 heteroatoms. The van der Waals surface area contributed by atoms with Crippen LogP contribution < -0.4 is 0 Å². The first-order chi connectivity index (χ1) is 7.25. The minimum absolute atomic E-state index is 0.229. The zero-order valence-electron chi connectivity index (χ0n) is 8.99. The molecule has 3 aliphatic rings. The molecule has 2 saturated heterocycles. The van der Waals surface area contributed by atoms with E-state index in [2.05, 4.69) is 0 Å². The lowest BCUT2D eigenvalue weighted by Crippen LogP contribution is -2.50. The van der Waals surface area contributed by atoms with Crippen LogP contribution in [-0.2, 0) is 4.79 Å². The van der Waals surface area contributed by atoms with Crippen molar-refractivity contribution in [2.45, 2.75) is 63.2 Å². The van der Waals surface area contributed by atoms with Crippen molar-refractivity contribution in [1.29, 1.82) is 0 Å². The third-order valence-electron chi connectivity index (χ3n) is 4.38. The van der Waals surface area contributed by atoms with Crippen molar-refractivity contribution in [2.24, 2.45) is 5.92 Å². The molecular formula is C12H18FNO. The van der Waals surface area contributed by atoms with E-state index in [4.69, 9.17) is 0 Å². The molecule has 1 aliphatic carbocycles. The molecule has 0 N–H and O–H groups in total. The molecule has 2 nitrogen and oxygen atoms in total. The van der Waals surface area contributed by atoms with Crippen molar-refractivity contribution in [2.75, 3.05) is 0 Å². The van der Waals surface area contributed by atoms with Crippen LogP contribution >= 0.6 is 0 Å². The Morgan fingerprint density at radius 2 is 1.67 bits per heavy atom. The van der Waals surface area contributed by atoms with Crippen LogP contribution in [-0.4, -0.2) is 29.1 Å². The zero-order chi connectivity index (χ0) is 10.4. The van der Waals surface area contributed by atoms with Gasteiger partial charge in [0.2, 0.25) is 5.91 Å². The summed E-state index contributed by atoms with van der Waals surface area (Å²) in [5, 5.41) is 0. The SMILES string of the molecule is O=C(C1CCC1)N1C2CCC1CC(F)C2. The van der Waals surface area contributed by atoms with E-state index in [9.17, 15) is 9.18 Å². The normalized spacial score (nSPS) is 40.3. The number of piperidine rings is 1. The van der Waals surface area contributed by atoms with Gasteiger partial charge in [0.15, 0.2) is 0 Å². The van der Waals surface area contributed by atoms with Crippen LogP contribution in [0.15, 0.2) is 0 Å². The molecule has 0 aromatic rings. The molecule has 2 heterocycles. The van der Waals surface area contributed by atoms with E-state index < -0.39 is 6.17 Å². The largest absolute Gasteiger partial charge is 0.336 e. The summed E-state index contributed by atoms with van der Waals surface area (Å²) < 4.78 is 13.3. The van der Waals surface area contributed by atoms with Gasteiger partial charge >= 0.3 is 0 Å². The monoisotopic (exact) mass is 211 g/mol. The van der Waals surface area contributed by atoms with Crippen LogP contribution in [0.4, 0.5) is 4.39 Å². The van der Waals surface area contributed by atoms with Crippen molar-refractivity contribution in [3.05, 3.63) is 0 Å². The molecule has 2 aliphatic heterocycles. The average molecular weight is 211 g/mol. The van der Waals surface area contributed by atoms with Gasteiger partial charge in [0.1, 0.15) is 6.17 Å². The summed E-state index contributed by atoms with van der Waals surface area (Å²) in [6.45, 7) is 0. The van der Waals surface area contributed by atoms with E-state index in [1.165, 1.54) is 6.42 Å². The summed E-state index contributed by atoms with van der Waals surface area (Å²) in [6, 6.07) is 0.457. The van der Waals surface area contributed by atoms with Crippen molar-refractivity contribution >= 4 is 5.91 Å². The van der Waals surface area contributed by atoms with Gasteiger partial charge in [-0.2, -0.15) is 0 Å². The highest BCUT2D eigenvalue weighted by Crippen LogP contribution is 2.40. The van der Waals surface area contributed by atoms with Crippen molar-refractivity contribution < 1.29 is 9.18 Å². The second-order valence-electron chi connectivity index (χ2n) is 5.33. The number of alkyl halides is 1. The Hall–Kier alpha value is -0.600. The van der Waals surface area contributed by atoms with Gasteiger partial charge in [0.05, 0.1) is 0 Å². The van der Waals surface area contributed by atoms with Crippen LogP contribution in [0.3, 0.4) is 0 Å². The van der Waals surface area contributed by atoms with E-state index in [0.717, 1.165) is 25.7 Å². The topological polar surface area (TPSA) is 20.3 Å². The van der Waals surface area contributed by atoms with Gasteiger partial charge < -0.3 is 4.90 Å². The third-order valence-corrected chi connectivity index (χ3v) is 4.38.